The fourth-order valence-electron chi connectivity index (χ4n) is 1.95. The van der Waals surface area contributed by atoms with Crippen molar-refractivity contribution in [3.8, 4) is 0 Å². The van der Waals surface area contributed by atoms with Crippen molar-refractivity contribution in [2.45, 2.75) is 33.3 Å². The molecule has 5 nitrogen and oxygen atoms in total. The summed E-state index contributed by atoms with van der Waals surface area (Å²) in [7, 11) is -4.30. The highest BCUT2D eigenvalue weighted by Gasteiger charge is 2.47. The fourth-order valence-corrected chi connectivity index (χ4v) is 3.03. The number of esters is 1. The van der Waals surface area contributed by atoms with E-state index in [2.05, 4.69) is 0 Å². The van der Waals surface area contributed by atoms with E-state index in [1.807, 2.05) is 0 Å². The molecule has 0 amide bonds. The molecule has 0 heterocycles. The van der Waals surface area contributed by atoms with Crippen molar-refractivity contribution in [2.75, 3.05) is 5.75 Å². The molecule has 19 heavy (non-hydrogen) atoms. The van der Waals surface area contributed by atoms with E-state index < -0.39 is 32.9 Å². The molecule has 0 aromatic heterocycles. The van der Waals surface area contributed by atoms with Gasteiger partial charge in [-0.3, -0.25) is 9.35 Å². The molecule has 0 radical (unpaired) electrons. The van der Waals surface area contributed by atoms with Gasteiger partial charge in [-0.25, -0.2) is 0 Å². The smallest absolute Gasteiger partial charge is 0.318 e. The van der Waals surface area contributed by atoms with Crippen LogP contribution >= 0.6 is 0 Å². The maximum atomic E-state index is 12.3. The quantitative estimate of drug-likeness (QED) is 0.634. The number of carbonyl (C=O) groups is 1. The summed E-state index contributed by atoms with van der Waals surface area (Å²) in [5.74, 6) is -1.71. The molecule has 0 fully saturated rings. The van der Waals surface area contributed by atoms with Gasteiger partial charge in [-0.05, 0) is 26.7 Å². The summed E-state index contributed by atoms with van der Waals surface area (Å²) in [5.41, 5.74) is -2.10. The van der Waals surface area contributed by atoms with Crippen molar-refractivity contribution in [3.05, 3.63) is 24.3 Å². The lowest BCUT2D eigenvalue weighted by Crippen LogP contribution is -2.45. The summed E-state index contributed by atoms with van der Waals surface area (Å²) in [6.45, 7) is 6.84. The molecule has 0 aromatic carbocycles. The topological polar surface area (TPSA) is 80.7 Å². The zero-order chi connectivity index (χ0) is 14.9. The zero-order valence-corrected chi connectivity index (χ0v) is 12.4. The Kier molecular flexibility index (Phi) is 4.27. The minimum Gasteiger partial charge on any atom is -0.459 e. The van der Waals surface area contributed by atoms with Gasteiger partial charge in [0, 0.05) is 0 Å². The van der Waals surface area contributed by atoms with E-state index in [0.717, 1.165) is 0 Å². The van der Waals surface area contributed by atoms with Crippen LogP contribution in [0.1, 0.15) is 27.7 Å². The van der Waals surface area contributed by atoms with Crippen LogP contribution in [0.4, 0.5) is 0 Å². The predicted octanol–water partition coefficient (Wildman–Crippen LogP) is 1.96. The van der Waals surface area contributed by atoms with Gasteiger partial charge < -0.3 is 4.74 Å². The summed E-state index contributed by atoms with van der Waals surface area (Å²) in [6.07, 6.45) is 6.53. The van der Waals surface area contributed by atoms with Gasteiger partial charge in [0.25, 0.3) is 10.1 Å². The van der Waals surface area contributed by atoms with Crippen LogP contribution < -0.4 is 0 Å². The van der Waals surface area contributed by atoms with E-state index in [0.29, 0.717) is 0 Å². The molecule has 1 aliphatic rings. The summed E-state index contributed by atoms with van der Waals surface area (Å²) < 4.78 is 36.8. The van der Waals surface area contributed by atoms with Crippen molar-refractivity contribution >= 4 is 16.1 Å². The van der Waals surface area contributed by atoms with Crippen LogP contribution in [0.25, 0.3) is 0 Å². The van der Waals surface area contributed by atoms with E-state index in [1.54, 1.807) is 45.9 Å². The molecule has 6 heteroatoms. The van der Waals surface area contributed by atoms with Gasteiger partial charge in [-0.1, -0.05) is 31.2 Å². The minimum absolute atomic E-state index is 0.380. The van der Waals surface area contributed by atoms with E-state index in [1.165, 1.54) is 6.08 Å². The van der Waals surface area contributed by atoms with Crippen molar-refractivity contribution in [2.24, 2.45) is 11.3 Å². The molecule has 0 aromatic rings. The van der Waals surface area contributed by atoms with Crippen molar-refractivity contribution in [3.63, 3.8) is 0 Å². The fraction of sp³-hybridized carbons (Fsp3) is 0.615. The average molecular weight is 288 g/mol. The summed E-state index contributed by atoms with van der Waals surface area (Å²) in [5, 5.41) is 0. The first-order valence-electron chi connectivity index (χ1n) is 6.01. The molecule has 1 aliphatic carbocycles. The highest BCUT2D eigenvalue weighted by molar-refractivity contribution is 7.85. The Morgan fingerprint density at radius 2 is 1.95 bits per heavy atom. The number of allylic oxidation sites excluding steroid dienone is 3. The molecule has 0 spiro atoms. The molecule has 0 bridgehead atoms. The highest BCUT2D eigenvalue weighted by Crippen LogP contribution is 2.37. The Hall–Kier alpha value is -1.14. The lowest BCUT2D eigenvalue weighted by atomic mass is 9.75. The second-order valence-corrected chi connectivity index (χ2v) is 7.25. The van der Waals surface area contributed by atoms with Crippen LogP contribution in [0.3, 0.4) is 0 Å². The van der Waals surface area contributed by atoms with Crippen molar-refractivity contribution in [1.82, 2.24) is 0 Å². The van der Waals surface area contributed by atoms with Gasteiger partial charge in [0.1, 0.15) is 11.0 Å². The van der Waals surface area contributed by atoms with Crippen LogP contribution in [0, 0.1) is 11.3 Å². The van der Waals surface area contributed by atoms with Gasteiger partial charge in [0.05, 0.1) is 5.75 Å². The molecular formula is C13H20O5S. The highest BCUT2D eigenvalue weighted by atomic mass is 32.2. The van der Waals surface area contributed by atoms with Crippen LogP contribution in [-0.2, 0) is 19.6 Å². The Bertz CT molecular complexity index is 510. The first-order valence-corrected chi connectivity index (χ1v) is 7.62. The zero-order valence-electron chi connectivity index (χ0n) is 11.6. The largest absolute Gasteiger partial charge is 0.459 e. The summed E-state index contributed by atoms with van der Waals surface area (Å²) >= 11 is 0. The van der Waals surface area contributed by atoms with E-state index in [4.69, 9.17) is 9.29 Å². The molecule has 0 saturated carbocycles. The number of hydrogen-bond donors (Lipinski definition) is 1. The molecular weight excluding hydrogens is 268 g/mol. The second-order valence-electron chi connectivity index (χ2n) is 5.80. The van der Waals surface area contributed by atoms with Gasteiger partial charge in [0.2, 0.25) is 0 Å². The molecule has 2 atom stereocenters. The van der Waals surface area contributed by atoms with Gasteiger partial charge in [-0.15, -0.1) is 0 Å². The maximum Gasteiger partial charge on any atom is 0.318 e. The third-order valence-electron chi connectivity index (χ3n) is 2.92. The van der Waals surface area contributed by atoms with Gasteiger partial charge >= 0.3 is 5.97 Å². The lowest BCUT2D eigenvalue weighted by molar-refractivity contribution is -0.165. The Balaban J connectivity index is 3.17. The standard InChI is InChI=1S/C13H20O5S/c1-10-7-5-6-8-13(10,9-19(15,16)17)11(14)18-12(2,3)4/h5-8,10H,9H2,1-4H3,(H,15,16,17)/t10-,13?/m0/s1. The first kappa shape index (κ1) is 15.9. The summed E-state index contributed by atoms with van der Waals surface area (Å²) in [6, 6.07) is 0. The Morgan fingerprint density at radius 1 is 1.37 bits per heavy atom. The molecule has 0 aliphatic heterocycles. The Morgan fingerprint density at radius 3 is 2.37 bits per heavy atom. The van der Waals surface area contributed by atoms with Crippen LogP contribution in [-0.4, -0.2) is 30.3 Å². The third-order valence-corrected chi connectivity index (χ3v) is 3.76. The van der Waals surface area contributed by atoms with Gasteiger partial charge in [0.15, 0.2) is 0 Å². The van der Waals surface area contributed by atoms with Crippen LogP contribution in [0.5, 0.6) is 0 Å². The van der Waals surface area contributed by atoms with E-state index in [9.17, 15) is 13.2 Å². The monoisotopic (exact) mass is 288 g/mol. The molecule has 1 unspecified atom stereocenters. The second kappa shape index (κ2) is 5.09. The minimum atomic E-state index is -4.30. The van der Waals surface area contributed by atoms with Crippen molar-refractivity contribution < 1.29 is 22.5 Å². The van der Waals surface area contributed by atoms with Crippen molar-refractivity contribution in [1.29, 1.82) is 0 Å². The summed E-state index contributed by atoms with van der Waals surface area (Å²) in [4.78, 5) is 12.3. The Labute approximate surface area is 114 Å². The van der Waals surface area contributed by atoms with Gasteiger partial charge in [-0.2, -0.15) is 8.42 Å². The third kappa shape index (κ3) is 4.18. The first-order chi connectivity index (χ1) is 8.46. The SMILES string of the molecule is C[C@H]1C=CC=CC1(CS(=O)(=O)O)C(=O)OC(C)(C)C. The predicted molar refractivity (Wildman–Crippen MR) is 72.1 cm³/mol. The normalized spacial score (nSPS) is 27.3. The number of rotatable bonds is 3. The lowest BCUT2D eigenvalue weighted by Gasteiger charge is -2.35. The number of ether oxygens (including phenoxy) is 1. The van der Waals surface area contributed by atoms with Crippen LogP contribution in [0.2, 0.25) is 0 Å². The molecule has 1 N–H and O–H groups in total. The van der Waals surface area contributed by atoms with E-state index in [-0.39, 0.29) is 5.92 Å². The molecule has 108 valence electrons. The molecule has 0 saturated heterocycles. The number of carbonyl (C=O) groups excluding carboxylic acids is 1. The number of hydrogen-bond acceptors (Lipinski definition) is 4. The average Bonchev–Trinajstić information content (AvgIpc) is 2.16. The van der Waals surface area contributed by atoms with E-state index >= 15 is 0 Å². The maximum absolute atomic E-state index is 12.3. The van der Waals surface area contributed by atoms with Crippen LogP contribution in [0.15, 0.2) is 24.3 Å². The molecule has 1 rings (SSSR count).